The van der Waals surface area contributed by atoms with Gasteiger partial charge in [0.15, 0.2) is 11.5 Å². The van der Waals surface area contributed by atoms with Crippen LogP contribution in [0.3, 0.4) is 0 Å². The summed E-state index contributed by atoms with van der Waals surface area (Å²) in [6.07, 6.45) is -0.523. The highest BCUT2D eigenvalue weighted by molar-refractivity contribution is 5.76. The number of anilines is 1. The Labute approximate surface area is 190 Å². The van der Waals surface area contributed by atoms with Crippen molar-refractivity contribution in [1.29, 1.82) is 0 Å². The van der Waals surface area contributed by atoms with Crippen LogP contribution >= 0.6 is 0 Å². The number of fused-ring (bicyclic) bond motifs is 1. The van der Waals surface area contributed by atoms with E-state index in [4.69, 9.17) is 18.9 Å². The number of amides is 1. The van der Waals surface area contributed by atoms with E-state index in [9.17, 15) is 14.7 Å². The average Bonchev–Trinajstić information content (AvgIpc) is 3.29. The Morgan fingerprint density at radius 1 is 1.30 bits per heavy atom. The van der Waals surface area contributed by atoms with Crippen LogP contribution in [-0.2, 0) is 16.0 Å². The standard InChI is InChI=1S/C22H28N4O7/c1-14-17(21(29)25-22(24-14)26-6-8-30-9-7-26)3-5-20(28)23-11-15(27)12-31-16-2-4-18-19(10-16)33-13-32-18/h2,4,10,15,27H,3,5-9,11-13H2,1H3,(H,23,28)(H,24,25,29). The highest BCUT2D eigenvalue weighted by atomic mass is 16.7. The molecule has 2 aliphatic rings. The van der Waals surface area contributed by atoms with Crippen LogP contribution in [0.1, 0.15) is 17.7 Å². The molecule has 2 aromatic rings. The molecule has 1 atom stereocenters. The summed E-state index contributed by atoms with van der Waals surface area (Å²) < 4.78 is 21.4. The first-order valence-corrected chi connectivity index (χ1v) is 10.9. The van der Waals surface area contributed by atoms with Crippen LogP contribution in [-0.4, -0.2) is 73.3 Å². The van der Waals surface area contributed by atoms with Crippen LogP contribution in [0.2, 0.25) is 0 Å². The number of aromatic amines is 1. The highest BCUT2D eigenvalue weighted by Crippen LogP contribution is 2.35. The summed E-state index contributed by atoms with van der Waals surface area (Å²) in [7, 11) is 0. The molecule has 3 heterocycles. The fourth-order valence-corrected chi connectivity index (χ4v) is 3.59. The van der Waals surface area contributed by atoms with E-state index in [1.807, 2.05) is 4.90 Å². The van der Waals surface area contributed by atoms with Crippen molar-refractivity contribution in [3.63, 3.8) is 0 Å². The number of morpholine rings is 1. The predicted molar refractivity (Wildman–Crippen MR) is 118 cm³/mol. The Kier molecular flexibility index (Phi) is 7.30. The zero-order valence-electron chi connectivity index (χ0n) is 18.5. The number of aromatic nitrogens is 2. The number of carbonyl (C=O) groups is 1. The van der Waals surface area contributed by atoms with Gasteiger partial charge in [-0.25, -0.2) is 4.98 Å². The molecule has 0 aliphatic carbocycles. The first-order chi connectivity index (χ1) is 16.0. The van der Waals surface area contributed by atoms with E-state index >= 15 is 0 Å². The Balaban J connectivity index is 1.21. The van der Waals surface area contributed by atoms with Gasteiger partial charge < -0.3 is 34.3 Å². The normalized spacial score (nSPS) is 15.9. The van der Waals surface area contributed by atoms with Crippen molar-refractivity contribution in [2.75, 3.05) is 51.1 Å². The Morgan fingerprint density at radius 3 is 2.88 bits per heavy atom. The molecule has 11 nitrogen and oxygen atoms in total. The van der Waals surface area contributed by atoms with Gasteiger partial charge in [0.25, 0.3) is 5.56 Å². The fraction of sp³-hybridized carbons (Fsp3) is 0.500. The van der Waals surface area contributed by atoms with Gasteiger partial charge in [-0.1, -0.05) is 0 Å². The average molecular weight is 460 g/mol. The van der Waals surface area contributed by atoms with Crippen LogP contribution < -0.4 is 30.0 Å². The minimum Gasteiger partial charge on any atom is -0.491 e. The van der Waals surface area contributed by atoms with Gasteiger partial charge in [-0.3, -0.25) is 14.6 Å². The summed E-state index contributed by atoms with van der Waals surface area (Å²) in [6.45, 7) is 4.52. The molecule has 33 heavy (non-hydrogen) atoms. The van der Waals surface area contributed by atoms with Crippen molar-refractivity contribution in [3.8, 4) is 17.2 Å². The van der Waals surface area contributed by atoms with Gasteiger partial charge in [0.05, 0.1) is 13.2 Å². The Morgan fingerprint density at radius 2 is 2.09 bits per heavy atom. The minimum atomic E-state index is -0.890. The number of benzene rings is 1. The van der Waals surface area contributed by atoms with Crippen molar-refractivity contribution in [2.45, 2.75) is 25.9 Å². The van der Waals surface area contributed by atoms with Crippen LogP contribution in [0.15, 0.2) is 23.0 Å². The lowest BCUT2D eigenvalue weighted by Gasteiger charge is -2.27. The molecular formula is C22H28N4O7. The molecule has 1 amide bonds. The number of carbonyl (C=O) groups excluding carboxylic acids is 1. The fourth-order valence-electron chi connectivity index (χ4n) is 3.59. The molecule has 1 fully saturated rings. The Hall–Kier alpha value is -3.31. The largest absolute Gasteiger partial charge is 0.491 e. The first kappa shape index (κ1) is 22.9. The predicted octanol–water partition coefficient (Wildman–Crippen LogP) is 0.132. The number of ether oxygens (including phenoxy) is 4. The van der Waals surface area contributed by atoms with Crippen LogP contribution in [0.5, 0.6) is 17.2 Å². The Bertz CT molecular complexity index is 1040. The maximum atomic E-state index is 12.5. The molecule has 1 aromatic heterocycles. The lowest BCUT2D eigenvalue weighted by atomic mass is 10.1. The van der Waals surface area contributed by atoms with E-state index in [-0.39, 0.29) is 44.3 Å². The number of H-pyrrole nitrogens is 1. The second-order valence-corrected chi connectivity index (χ2v) is 7.84. The van der Waals surface area contributed by atoms with E-state index < -0.39 is 6.10 Å². The summed E-state index contributed by atoms with van der Waals surface area (Å²) in [5.41, 5.74) is 0.841. The number of hydrogen-bond donors (Lipinski definition) is 3. The molecule has 2 aliphatic heterocycles. The first-order valence-electron chi connectivity index (χ1n) is 10.9. The molecule has 3 N–H and O–H groups in total. The number of nitrogens with one attached hydrogen (secondary N) is 2. The van der Waals surface area contributed by atoms with Crippen molar-refractivity contribution in [3.05, 3.63) is 39.8 Å². The van der Waals surface area contributed by atoms with Crippen molar-refractivity contribution < 1.29 is 28.8 Å². The molecule has 0 saturated carbocycles. The van der Waals surface area contributed by atoms with Crippen molar-refractivity contribution >= 4 is 11.9 Å². The number of aliphatic hydroxyl groups is 1. The summed E-state index contributed by atoms with van der Waals surface area (Å²) in [4.78, 5) is 34.0. The smallest absolute Gasteiger partial charge is 0.255 e. The lowest BCUT2D eigenvalue weighted by molar-refractivity contribution is -0.121. The van der Waals surface area contributed by atoms with Crippen LogP contribution in [0.25, 0.3) is 0 Å². The maximum absolute atomic E-state index is 12.5. The highest BCUT2D eigenvalue weighted by Gasteiger charge is 2.18. The molecule has 0 bridgehead atoms. The second kappa shape index (κ2) is 10.5. The lowest BCUT2D eigenvalue weighted by Crippen LogP contribution is -2.39. The number of hydrogen-bond acceptors (Lipinski definition) is 9. The molecule has 1 aromatic carbocycles. The number of aliphatic hydroxyl groups excluding tert-OH is 1. The SMILES string of the molecule is Cc1nc(N2CCOCC2)[nH]c(=O)c1CCC(=O)NCC(O)COc1ccc2c(c1)OCO2. The van der Waals surface area contributed by atoms with Gasteiger partial charge in [-0.15, -0.1) is 0 Å². The number of rotatable bonds is 9. The van der Waals surface area contributed by atoms with Crippen LogP contribution in [0.4, 0.5) is 5.95 Å². The zero-order valence-corrected chi connectivity index (χ0v) is 18.5. The third-order valence-electron chi connectivity index (χ3n) is 5.44. The monoisotopic (exact) mass is 460 g/mol. The number of nitrogens with zero attached hydrogens (tertiary/aromatic N) is 2. The van der Waals surface area contributed by atoms with E-state index in [1.54, 1.807) is 25.1 Å². The van der Waals surface area contributed by atoms with Gasteiger partial charge in [0.2, 0.25) is 18.6 Å². The van der Waals surface area contributed by atoms with Crippen LogP contribution in [0, 0.1) is 6.92 Å². The van der Waals surface area contributed by atoms with Gasteiger partial charge in [0, 0.05) is 43.4 Å². The molecular weight excluding hydrogens is 432 g/mol. The van der Waals surface area contributed by atoms with Gasteiger partial charge in [-0.2, -0.15) is 0 Å². The summed E-state index contributed by atoms with van der Waals surface area (Å²) in [5.74, 6) is 2.03. The molecule has 1 saturated heterocycles. The molecule has 0 radical (unpaired) electrons. The summed E-state index contributed by atoms with van der Waals surface area (Å²) in [6, 6.07) is 5.14. The summed E-state index contributed by atoms with van der Waals surface area (Å²) in [5, 5.41) is 12.8. The van der Waals surface area contributed by atoms with E-state index in [1.165, 1.54) is 0 Å². The molecule has 178 valence electrons. The van der Waals surface area contributed by atoms with Crippen molar-refractivity contribution in [1.82, 2.24) is 15.3 Å². The third-order valence-corrected chi connectivity index (χ3v) is 5.44. The maximum Gasteiger partial charge on any atom is 0.255 e. The third kappa shape index (κ3) is 5.93. The van der Waals surface area contributed by atoms with Crippen molar-refractivity contribution in [2.24, 2.45) is 0 Å². The quantitative estimate of drug-likeness (QED) is 0.477. The molecule has 1 unspecified atom stereocenters. The topological polar surface area (TPSA) is 135 Å². The van der Waals surface area contributed by atoms with E-state index in [0.29, 0.717) is 60.8 Å². The van der Waals surface area contributed by atoms with Gasteiger partial charge >= 0.3 is 0 Å². The minimum absolute atomic E-state index is 0.00558. The second-order valence-electron chi connectivity index (χ2n) is 7.84. The van der Waals surface area contributed by atoms with Gasteiger partial charge in [0.1, 0.15) is 18.5 Å². The summed E-state index contributed by atoms with van der Waals surface area (Å²) >= 11 is 0. The molecule has 4 rings (SSSR count). The van der Waals surface area contributed by atoms with Gasteiger partial charge in [-0.05, 0) is 25.5 Å². The van der Waals surface area contributed by atoms with E-state index in [2.05, 4.69) is 15.3 Å². The number of aryl methyl sites for hydroxylation is 1. The zero-order chi connectivity index (χ0) is 23.2. The molecule has 0 spiro atoms. The van der Waals surface area contributed by atoms with E-state index in [0.717, 1.165) is 0 Å². The molecule has 11 heteroatoms.